The molecule has 124 valence electrons. The van der Waals surface area contributed by atoms with Crippen LogP contribution in [0.25, 0.3) is 10.2 Å². The highest BCUT2D eigenvalue weighted by molar-refractivity contribution is 8.00. The van der Waals surface area contributed by atoms with Crippen LogP contribution >= 0.6 is 23.1 Å². The number of carbonyl (C=O) groups excluding carboxylic acids is 1. The molecule has 1 unspecified atom stereocenters. The lowest BCUT2D eigenvalue weighted by Crippen LogP contribution is -2.40. The number of carbonyl (C=O) groups is 1. The van der Waals surface area contributed by atoms with Crippen molar-refractivity contribution < 1.29 is 4.79 Å². The molecule has 1 fully saturated rings. The van der Waals surface area contributed by atoms with Crippen LogP contribution in [-0.4, -0.2) is 39.6 Å². The van der Waals surface area contributed by atoms with Crippen molar-refractivity contribution in [2.24, 2.45) is 5.92 Å². The van der Waals surface area contributed by atoms with E-state index < -0.39 is 0 Å². The van der Waals surface area contributed by atoms with E-state index in [2.05, 4.69) is 29.9 Å². The third-order valence-electron chi connectivity index (χ3n) is 4.21. The van der Waals surface area contributed by atoms with E-state index in [1.807, 2.05) is 11.8 Å². The summed E-state index contributed by atoms with van der Waals surface area (Å²) in [6, 6.07) is 2.18. The van der Waals surface area contributed by atoms with Gasteiger partial charge >= 0.3 is 0 Å². The zero-order valence-corrected chi connectivity index (χ0v) is 15.6. The molecule has 4 nitrogen and oxygen atoms in total. The monoisotopic (exact) mass is 349 g/mol. The molecule has 0 aliphatic carbocycles. The highest BCUT2D eigenvalue weighted by atomic mass is 32.2. The first kappa shape index (κ1) is 16.7. The van der Waals surface area contributed by atoms with Crippen LogP contribution in [0.5, 0.6) is 0 Å². The molecular weight excluding hydrogens is 326 g/mol. The first-order valence-electron chi connectivity index (χ1n) is 8.24. The summed E-state index contributed by atoms with van der Waals surface area (Å²) in [5.41, 5.74) is 0. The van der Waals surface area contributed by atoms with E-state index in [4.69, 9.17) is 0 Å². The number of fused-ring (bicyclic) bond motifs is 1. The molecule has 1 aliphatic rings. The number of likely N-dealkylation sites (tertiary alicyclic amines) is 1. The highest BCUT2D eigenvalue weighted by Crippen LogP contribution is 2.32. The third kappa shape index (κ3) is 3.86. The Labute approximate surface area is 145 Å². The molecule has 0 N–H and O–H groups in total. The number of hydrogen-bond donors (Lipinski definition) is 0. The van der Waals surface area contributed by atoms with Crippen molar-refractivity contribution in [3.63, 3.8) is 0 Å². The van der Waals surface area contributed by atoms with Gasteiger partial charge in [0.1, 0.15) is 15.7 Å². The predicted molar refractivity (Wildman–Crippen MR) is 97.2 cm³/mol. The lowest BCUT2D eigenvalue weighted by molar-refractivity contribution is -0.130. The van der Waals surface area contributed by atoms with Crippen molar-refractivity contribution in [1.29, 1.82) is 0 Å². The summed E-state index contributed by atoms with van der Waals surface area (Å²) >= 11 is 3.28. The third-order valence-corrected chi connectivity index (χ3v) is 6.36. The molecule has 0 aromatic carbocycles. The maximum Gasteiger partial charge on any atom is 0.232 e. The fourth-order valence-corrected chi connectivity index (χ4v) is 5.00. The van der Waals surface area contributed by atoms with Gasteiger partial charge in [-0.25, -0.2) is 9.97 Å². The van der Waals surface area contributed by atoms with E-state index >= 15 is 0 Å². The Kier molecular flexibility index (Phi) is 5.21. The molecule has 1 aliphatic heterocycles. The molecule has 3 heterocycles. The largest absolute Gasteiger partial charge is 0.342 e. The van der Waals surface area contributed by atoms with E-state index in [9.17, 15) is 4.79 Å². The molecule has 6 heteroatoms. The number of amides is 1. The number of rotatable bonds is 4. The highest BCUT2D eigenvalue weighted by Gasteiger charge is 2.21. The van der Waals surface area contributed by atoms with Gasteiger partial charge in [0.15, 0.2) is 0 Å². The molecule has 3 rings (SSSR count). The van der Waals surface area contributed by atoms with Crippen molar-refractivity contribution >= 4 is 39.2 Å². The van der Waals surface area contributed by atoms with E-state index in [0.717, 1.165) is 47.0 Å². The van der Waals surface area contributed by atoms with Gasteiger partial charge in [0, 0.05) is 23.4 Å². The van der Waals surface area contributed by atoms with E-state index in [-0.39, 0.29) is 5.91 Å². The van der Waals surface area contributed by atoms with Gasteiger partial charge in [0.2, 0.25) is 5.91 Å². The molecule has 1 amide bonds. The first-order chi connectivity index (χ1) is 11.1. The summed E-state index contributed by atoms with van der Waals surface area (Å²) in [7, 11) is 0. The molecule has 1 atom stereocenters. The number of piperidine rings is 1. The number of thioether (sulfide) groups is 1. The van der Waals surface area contributed by atoms with Crippen LogP contribution < -0.4 is 0 Å². The van der Waals surface area contributed by atoms with Crippen molar-refractivity contribution in [3.8, 4) is 0 Å². The lowest BCUT2D eigenvalue weighted by Gasteiger charge is -2.30. The molecule has 0 saturated carbocycles. The van der Waals surface area contributed by atoms with Gasteiger partial charge in [-0.3, -0.25) is 4.79 Å². The van der Waals surface area contributed by atoms with Gasteiger partial charge in [-0.05, 0) is 38.2 Å². The van der Waals surface area contributed by atoms with Crippen LogP contribution in [0, 0.1) is 12.8 Å². The Hall–Kier alpha value is -1.14. The molecule has 2 aromatic rings. The molecule has 0 radical (unpaired) electrons. The maximum absolute atomic E-state index is 12.5. The minimum Gasteiger partial charge on any atom is -0.342 e. The topological polar surface area (TPSA) is 46.1 Å². The maximum atomic E-state index is 12.5. The first-order valence-corrected chi connectivity index (χ1v) is 10.0. The predicted octanol–water partition coefficient (Wildman–Crippen LogP) is 3.91. The number of aryl methyl sites for hydroxylation is 2. The van der Waals surface area contributed by atoms with Crippen LogP contribution in [0.4, 0.5) is 0 Å². The summed E-state index contributed by atoms with van der Waals surface area (Å²) < 4.78 is 0. The normalized spacial score (nSPS) is 18.6. The van der Waals surface area contributed by atoms with Crippen molar-refractivity contribution in [2.75, 3.05) is 18.8 Å². The second kappa shape index (κ2) is 7.18. The van der Waals surface area contributed by atoms with Crippen LogP contribution in [0.2, 0.25) is 0 Å². The average Bonchev–Trinajstić information content (AvgIpc) is 2.95. The number of nitrogens with zero attached hydrogens (tertiary/aromatic N) is 3. The van der Waals surface area contributed by atoms with Crippen LogP contribution in [0.15, 0.2) is 11.1 Å². The van der Waals surface area contributed by atoms with Gasteiger partial charge in [0.25, 0.3) is 0 Å². The van der Waals surface area contributed by atoms with Crippen molar-refractivity contribution in [3.05, 3.63) is 16.8 Å². The van der Waals surface area contributed by atoms with E-state index in [1.54, 1.807) is 23.1 Å². The Morgan fingerprint density at radius 3 is 3.04 bits per heavy atom. The summed E-state index contributed by atoms with van der Waals surface area (Å²) in [5, 5.41) is 2.05. The minimum absolute atomic E-state index is 0.233. The van der Waals surface area contributed by atoms with Gasteiger partial charge in [-0.15, -0.1) is 11.3 Å². The lowest BCUT2D eigenvalue weighted by atomic mass is 10.0. The second-order valence-electron chi connectivity index (χ2n) is 6.24. The van der Waals surface area contributed by atoms with Crippen LogP contribution in [0.1, 0.15) is 37.4 Å². The Balaban J connectivity index is 1.73. The van der Waals surface area contributed by atoms with Gasteiger partial charge in [-0.1, -0.05) is 25.6 Å². The Morgan fingerprint density at radius 1 is 1.48 bits per heavy atom. The van der Waals surface area contributed by atoms with Crippen molar-refractivity contribution in [2.45, 2.75) is 45.1 Å². The second-order valence-corrected chi connectivity index (χ2v) is 8.32. The summed E-state index contributed by atoms with van der Waals surface area (Å²) in [4.78, 5) is 25.9. The number of hydrogen-bond acceptors (Lipinski definition) is 5. The van der Waals surface area contributed by atoms with Crippen molar-refractivity contribution in [1.82, 2.24) is 14.9 Å². The average molecular weight is 350 g/mol. The molecule has 23 heavy (non-hydrogen) atoms. The fraction of sp³-hybridized carbons (Fsp3) is 0.588. The summed E-state index contributed by atoms with van der Waals surface area (Å²) in [6.45, 7) is 8.10. The molecular formula is C17H23N3OS2. The van der Waals surface area contributed by atoms with Crippen LogP contribution in [-0.2, 0) is 11.2 Å². The quantitative estimate of drug-likeness (QED) is 0.620. The summed E-state index contributed by atoms with van der Waals surface area (Å²) in [6.07, 6.45) is 3.37. The Bertz CT molecular complexity index is 713. The van der Waals surface area contributed by atoms with E-state index in [1.165, 1.54) is 11.3 Å². The van der Waals surface area contributed by atoms with E-state index in [0.29, 0.717) is 11.7 Å². The van der Waals surface area contributed by atoms with Gasteiger partial charge in [-0.2, -0.15) is 0 Å². The van der Waals surface area contributed by atoms with Crippen LogP contribution in [0.3, 0.4) is 0 Å². The molecule has 1 saturated heterocycles. The molecule has 0 bridgehead atoms. The zero-order chi connectivity index (χ0) is 16.4. The minimum atomic E-state index is 0.233. The summed E-state index contributed by atoms with van der Waals surface area (Å²) in [5.74, 6) is 2.10. The van der Waals surface area contributed by atoms with Gasteiger partial charge in [0.05, 0.1) is 5.75 Å². The molecule has 0 spiro atoms. The molecule has 2 aromatic heterocycles. The zero-order valence-electron chi connectivity index (χ0n) is 14.0. The van der Waals surface area contributed by atoms with Gasteiger partial charge < -0.3 is 4.90 Å². The Morgan fingerprint density at radius 2 is 2.30 bits per heavy atom. The standard InChI is InChI=1S/C17H23N3OS2/c1-4-13-8-14-16(18-12(3)19-17(14)23-13)22-10-15(21)20-7-5-6-11(2)9-20/h8,11H,4-7,9-10H2,1-3H3. The fourth-order valence-electron chi connectivity index (χ4n) is 2.97. The SMILES string of the molecule is CCc1cc2c(SCC(=O)N3CCCC(C)C3)nc(C)nc2s1. The number of aromatic nitrogens is 2. The number of thiophene rings is 1. The smallest absolute Gasteiger partial charge is 0.232 e.